The van der Waals surface area contributed by atoms with Crippen molar-refractivity contribution >= 4 is 11.8 Å². The summed E-state index contributed by atoms with van der Waals surface area (Å²) in [7, 11) is 0. The average molecular weight is 374 g/mol. The van der Waals surface area contributed by atoms with Gasteiger partial charge in [-0.3, -0.25) is 9.59 Å². The van der Waals surface area contributed by atoms with Gasteiger partial charge in [-0.05, 0) is 12.8 Å². The zero-order valence-corrected chi connectivity index (χ0v) is 15.4. The number of rotatable bonds is 5. The van der Waals surface area contributed by atoms with Gasteiger partial charge < -0.3 is 31.1 Å². The molecule has 0 spiro atoms. The second-order valence-corrected chi connectivity index (χ2v) is 7.13. The third kappa shape index (κ3) is 7.57. The fourth-order valence-corrected chi connectivity index (χ4v) is 3.23. The molecule has 6 N–H and O–H groups in total. The minimum absolute atomic E-state index is 0.469. The van der Waals surface area contributed by atoms with Gasteiger partial charge in [0, 0.05) is 13.1 Å². The summed E-state index contributed by atoms with van der Waals surface area (Å²) in [6.45, 7) is 0.939. The van der Waals surface area contributed by atoms with Crippen LogP contribution in [-0.2, 0) is 9.59 Å². The van der Waals surface area contributed by atoms with Crippen LogP contribution in [0, 0.1) is 0 Å². The second-order valence-electron chi connectivity index (χ2n) is 7.13. The number of hydrogen-bond acceptors (Lipinski definition) is 6. The van der Waals surface area contributed by atoms with Crippen LogP contribution in [0.15, 0.2) is 0 Å². The summed E-state index contributed by atoms with van der Waals surface area (Å²) in [6.07, 6.45) is 2.68. The minimum atomic E-state index is -2.05. The topological polar surface area (TPSA) is 144 Å². The molecule has 2 amide bonds. The van der Waals surface area contributed by atoms with E-state index in [1.165, 1.54) is 30.6 Å². The number of primary amides is 1. The lowest BCUT2D eigenvalue weighted by Gasteiger charge is -2.30. The zero-order chi connectivity index (χ0) is 19.5. The molecule has 1 saturated heterocycles. The van der Waals surface area contributed by atoms with Gasteiger partial charge in [0.1, 0.15) is 12.2 Å². The van der Waals surface area contributed by atoms with Crippen LogP contribution in [0.4, 0.5) is 0 Å². The van der Waals surface area contributed by atoms with Gasteiger partial charge in [-0.1, -0.05) is 51.4 Å². The van der Waals surface area contributed by atoms with Crippen molar-refractivity contribution in [1.29, 1.82) is 0 Å². The fraction of sp³-hybridized carbons (Fsp3) is 0.889. The number of aliphatic hydroxyl groups excluding tert-OH is 4. The van der Waals surface area contributed by atoms with Crippen LogP contribution in [0.5, 0.6) is 0 Å². The Balaban J connectivity index is 2.66. The number of carbonyl (C=O) groups is 2. The molecular weight excluding hydrogens is 340 g/mol. The Morgan fingerprint density at radius 3 is 1.38 bits per heavy atom. The first kappa shape index (κ1) is 22.8. The van der Waals surface area contributed by atoms with Crippen molar-refractivity contribution in [2.75, 3.05) is 13.1 Å². The van der Waals surface area contributed by atoms with E-state index in [1.54, 1.807) is 0 Å². The van der Waals surface area contributed by atoms with Gasteiger partial charge in [0.2, 0.25) is 5.91 Å². The molecule has 1 fully saturated rings. The Morgan fingerprint density at radius 1 is 0.654 bits per heavy atom. The van der Waals surface area contributed by atoms with Gasteiger partial charge in [-0.15, -0.1) is 0 Å². The summed E-state index contributed by atoms with van der Waals surface area (Å²) in [5, 5.41) is 39.2. The Morgan fingerprint density at radius 2 is 1.00 bits per heavy atom. The summed E-state index contributed by atoms with van der Waals surface area (Å²) in [5.41, 5.74) is 4.87. The Kier molecular flexibility index (Phi) is 10.7. The molecule has 0 unspecified atom stereocenters. The highest BCUT2D eigenvalue weighted by molar-refractivity contribution is 5.82. The molecule has 1 aliphatic heterocycles. The summed E-state index contributed by atoms with van der Waals surface area (Å²) in [4.78, 5) is 24.9. The maximum Gasteiger partial charge on any atom is 0.254 e. The molecule has 0 bridgehead atoms. The van der Waals surface area contributed by atoms with E-state index in [0.717, 1.165) is 38.5 Å². The lowest BCUT2D eigenvalue weighted by atomic mass is 10.0. The van der Waals surface area contributed by atoms with E-state index in [4.69, 9.17) is 5.73 Å². The molecule has 1 heterocycles. The first-order chi connectivity index (χ1) is 12.4. The molecule has 0 aromatic rings. The minimum Gasteiger partial charge on any atom is -0.387 e. The van der Waals surface area contributed by atoms with Crippen LogP contribution in [0.25, 0.3) is 0 Å². The summed E-state index contributed by atoms with van der Waals surface area (Å²) < 4.78 is 0. The van der Waals surface area contributed by atoms with Crippen molar-refractivity contribution in [1.82, 2.24) is 4.90 Å². The lowest BCUT2D eigenvalue weighted by Crippen LogP contribution is -2.54. The van der Waals surface area contributed by atoms with Gasteiger partial charge in [0.05, 0.1) is 0 Å². The highest BCUT2D eigenvalue weighted by Gasteiger charge is 2.38. The molecule has 0 aliphatic carbocycles. The van der Waals surface area contributed by atoms with Crippen LogP contribution in [0.2, 0.25) is 0 Å². The summed E-state index contributed by atoms with van der Waals surface area (Å²) >= 11 is 0. The van der Waals surface area contributed by atoms with Crippen molar-refractivity contribution < 1.29 is 30.0 Å². The fourth-order valence-electron chi connectivity index (χ4n) is 3.23. The quantitative estimate of drug-likeness (QED) is 0.445. The van der Waals surface area contributed by atoms with Crippen molar-refractivity contribution in [3.63, 3.8) is 0 Å². The van der Waals surface area contributed by atoms with Crippen molar-refractivity contribution in [2.24, 2.45) is 5.73 Å². The predicted octanol–water partition coefficient (Wildman–Crippen LogP) is -0.341. The van der Waals surface area contributed by atoms with E-state index in [1.807, 2.05) is 0 Å². The number of nitrogens with zero attached hydrogens (tertiary/aromatic N) is 1. The third-order valence-corrected chi connectivity index (χ3v) is 4.96. The molecule has 0 saturated carbocycles. The molecule has 1 rings (SSSR count). The Bertz CT molecular complexity index is 420. The standard InChI is InChI=1S/C18H34N2O6/c19-17(25)15(23)13(21)14(22)16(24)18(26)20-11-9-7-5-3-1-2-4-6-8-10-12-20/h13-16,21-24H,1-12H2,(H2,19,25)/t13-,14+,15+,16-/m1/s1. The van der Waals surface area contributed by atoms with E-state index >= 15 is 0 Å². The highest BCUT2D eigenvalue weighted by atomic mass is 16.4. The lowest BCUT2D eigenvalue weighted by molar-refractivity contribution is -0.160. The van der Waals surface area contributed by atoms with E-state index in [-0.39, 0.29) is 0 Å². The summed E-state index contributed by atoms with van der Waals surface area (Å²) in [6, 6.07) is 0. The molecule has 0 aromatic heterocycles. The van der Waals surface area contributed by atoms with Gasteiger partial charge in [-0.2, -0.15) is 0 Å². The normalized spacial score (nSPS) is 22.8. The molecule has 8 nitrogen and oxygen atoms in total. The van der Waals surface area contributed by atoms with Crippen LogP contribution in [0.1, 0.15) is 64.2 Å². The maximum absolute atomic E-state index is 12.5. The molecule has 8 heteroatoms. The predicted molar refractivity (Wildman–Crippen MR) is 96.0 cm³/mol. The van der Waals surface area contributed by atoms with Gasteiger partial charge in [0.25, 0.3) is 5.91 Å². The molecule has 26 heavy (non-hydrogen) atoms. The Labute approximate surface area is 155 Å². The molecule has 4 atom stereocenters. The number of carbonyl (C=O) groups excluding carboxylic acids is 2. The van der Waals surface area contributed by atoms with Crippen molar-refractivity contribution in [2.45, 2.75) is 88.6 Å². The first-order valence-electron chi connectivity index (χ1n) is 9.66. The van der Waals surface area contributed by atoms with Gasteiger partial charge >= 0.3 is 0 Å². The van der Waals surface area contributed by atoms with Crippen molar-refractivity contribution in [3.8, 4) is 0 Å². The number of amides is 2. The van der Waals surface area contributed by atoms with E-state index in [9.17, 15) is 30.0 Å². The third-order valence-electron chi connectivity index (χ3n) is 4.96. The maximum atomic E-state index is 12.5. The van der Waals surface area contributed by atoms with Crippen molar-refractivity contribution in [3.05, 3.63) is 0 Å². The van der Waals surface area contributed by atoms with Gasteiger partial charge in [-0.25, -0.2) is 0 Å². The van der Waals surface area contributed by atoms with Crippen LogP contribution < -0.4 is 5.73 Å². The monoisotopic (exact) mass is 374 g/mol. The smallest absolute Gasteiger partial charge is 0.254 e. The van der Waals surface area contributed by atoms with E-state index in [0.29, 0.717) is 13.1 Å². The molecule has 1 aliphatic rings. The first-order valence-corrected chi connectivity index (χ1v) is 9.66. The van der Waals surface area contributed by atoms with Crippen LogP contribution in [-0.4, -0.2) is 74.6 Å². The second kappa shape index (κ2) is 12.2. The summed E-state index contributed by atoms with van der Waals surface area (Å²) in [5.74, 6) is -1.94. The Hall–Kier alpha value is -1.22. The highest BCUT2D eigenvalue weighted by Crippen LogP contribution is 2.15. The van der Waals surface area contributed by atoms with Crippen LogP contribution in [0.3, 0.4) is 0 Å². The van der Waals surface area contributed by atoms with E-state index < -0.39 is 36.2 Å². The number of aliphatic hydroxyl groups is 4. The zero-order valence-electron chi connectivity index (χ0n) is 15.4. The number of nitrogens with two attached hydrogens (primary N) is 1. The SMILES string of the molecule is NC(=O)[C@@H](O)[C@H](O)[C@H](O)[C@@H](O)C(=O)N1CCCCCCCCCCCC1. The molecule has 0 radical (unpaired) electrons. The average Bonchev–Trinajstić information content (AvgIpc) is 2.66. The molecule has 0 aromatic carbocycles. The largest absolute Gasteiger partial charge is 0.387 e. The molecule has 152 valence electrons. The molecular formula is C18H34N2O6. The van der Waals surface area contributed by atoms with E-state index in [2.05, 4.69) is 0 Å². The van der Waals surface area contributed by atoms with Gasteiger partial charge in [0.15, 0.2) is 12.2 Å². The van der Waals surface area contributed by atoms with Crippen LogP contribution >= 0.6 is 0 Å². The number of hydrogen-bond donors (Lipinski definition) is 5.